The first kappa shape index (κ1) is 18.1. The van der Waals surface area contributed by atoms with Crippen LogP contribution in [0.2, 0.25) is 0 Å². The molecule has 0 unspecified atom stereocenters. The number of rotatable bonds is 4. The zero-order chi connectivity index (χ0) is 18.5. The maximum atomic E-state index is 12.7. The first-order valence-electron chi connectivity index (χ1n) is 9.11. The zero-order valence-corrected chi connectivity index (χ0v) is 15.4. The van der Waals surface area contributed by atoms with Crippen LogP contribution in [0.3, 0.4) is 0 Å². The Morgan fingerprint density at radius 2 is 1.88 bits per heavy atom. The molecule has 2 amide bonds. The fourth-order valence-corrected chi connectivity index (χ4v) is 3.18. The van der Waals surface area contributed by atoms with Crippen LogP contribution in [0.1, 0.15) is 51.6 Å². The van der Waals surface area contributed by atoms with Gasteiger partial charge in [0.1, 0.15) is 0 Å². The van der Waals surface area contributed by atoms with Gasteiger partial charge in [0, 0.05) is 32.0 Å². The molecule has 1 aromatic carbocycles. The Kier molecular flexibility index (Phi) is 5.66. The molecule has 0 spiro atoms. The molecule has 1 aliphatic heterocycles. The van der Waals surface area contributed by atoms with Crippen LogP contribution in [0.15, 0.2) is 42.7 Å². The largest absolute Gasteiger partial charge is 0.348 e. The molecule has 136 valence electrons. The second-order valence-electron chi connectivity index (χ2n) is 7.11. The van der Waals surface area contributed by atoms with Gasteiger partial charge >= 0.3 is 0 Å². The summed E-state index contributed by atoms with van der Waals surface area (Å²) >= 11 is 0. The lowest BCUT2D eigenvalue weighted by molar-refractivity contribution is 0.0697. The molecule has 0 aliphatic carbocycles. The summed E-state index contributed by atoms with van der Waals surface area (Å²) in [7, 11) is 0. The summed E-state index contributed by atoms with van der Waals surface area (Å²) < 4.78 is 0. The molecule has 0 radical (unpaired) electrons. The Hall–Kier alpha value is -2.69. The summed E-state index contributed by atoms with van der Waals surface area (Å²) in [5.74, 6) is 0.398. The molecule has 2 heterocycles. The summed E-state index contributed by atoms with van der Waals surface area (Å²) in [6.45, 7) is 6.21. The highest BCUT2D eigenvalue weighted by Crippen LogP contribution is 2.18. The second-order valence-corrected chi connectivity index (χ2v) is 7.11. The summed E-state index contributed by atoms with van der Waals surface area (Å²) in [5.41, 5.74) is 3.08. The molecule has 0 saturated carbocycles. The fraction of sp³-hybridized carbons (Fsp3) is 0.381. The van der Waals surface area contributed by atoms with Gasteiger partial charge in [0.05, 0.1) is 11.1 Å². The van der Waals surface area contributed by atoms with Crippen LogP contribution in [0.25, 0.3) is 0 Å². The molecule has 0 bridgehead atoms. The van der Waals surface area contributed by atoms with E-state index in [1.54, 1.807) is 6.07 Å². The normalized spacial score (nSPS) is 14.9. The van der Waals surface area contributed by atoms with Crippen molar-refractivity contribution in [2.24, 2.45) is 5.92 Å². The van der Waals surface area contributed by atoms with E-state index in [1.165, 1.54) is 12.4 Å². The van der Waals surface area contributed by atoms with Gasteiger partial charge in [-0.15, -0.1) is 0 Å². The van der Waals surface area contributed by atoms with Gasteiger partial charge in [0.25, 0.3) is 11.8 Å². The minimum Gasteiger partial charge on any atom is -0.348 e. The number of hydrogen-bond donors (Lipinski definition) is 1. The lowest BCUT2D eigenvalue weighted by Crippen LogP contribution is -2.38. The van der Waals surface area contributed by atoms with Crippen LogP contribution in [0.5, 0.6) is 0 Å². The topological polar surface area (TPSA) is 62.3 Å². The van der Waals surface area contributed by atoms with Gasteiger partial charge in [0.2, 0.25) is 0 Å². The maximum Gasteiger partial charge on any atom is 0.255 e. The first-order chi connectivity index (χ1) is 12.5. The predicted molar refractivity (Wildman–Crippen MR) is 101 cm³/mol. The summed E-state index contributed by atoms with van der Waals surface area (Å²) in [4.78, 5) is 31.0. The maximum absolute atomic E-state index is 12.7. The predicted octanol–water partition coefficient (Wildman–Crippen LogP) is 3.19. The van der Waals surface area contributed by atoms with Crippen LogP contribution >= 0.6 is 0 Å². The summed E-state index contributed by atoms with van der Waals surface area (Å²) in [6, 6.07) is 9.64. The number of carbonyl (C=O) groups is 2. The molecular weight excluding hydrogens is 326 g/mol. The van der Waals surface area contributed by atoms with Crippen molar-refractivity contribution >= 4 is 11.8 Å². The van der Waals surface area contributed by atoms with E-state index in [1.807, 2.05) is 36.1 Å². The first-order valence-corrected chi connectivity index (χ1v) is 9.11. The average Bonchev–Trinajstić information content (AvgIpc) is 2.66. The van der Waals surface area contributed by atoms with Crippen molar-refractivity contribution in [3.8, 4) is 0 Å². The number of hydrogen-bond acceptors (Lipinski definition) is 3. The number of carbonyl (C=O) groups excluding carboxylic acids is 2. The number of likely N-dealkylation sites (tertiary alicyclic amines) is 1. The van der Waals surface area contributed by atoms with Crippen molar-refractivity contribution in [1.29, 1.82) is 0 Å². The number of aromatic nitrogens is 1. The standard InChI is InChI=1S/C21H25N3O2/c1-15-6-8-24(9-7-15)21(26)19-11-18(13-22-14-19)20(25)23-12-17-5-3-4-16(2)10-17/h3-5,10-11,13-15H,6-9,12H2,1-2H3,(H,23,25). The Labute approximate surface area is 154 Å². The van der Waals surface area contributed by atoms with E-state index in [9.17, 15) is 9.59 Å². The van der Waals surface area contributed by atoms with E-state index >= 15 is 0 Å². The molecule has 5 heteroatoms. The van der Waals surface area contributed by atoms with Gasteiger partial charge in [-0.1, -0.05) is 36.8 Å². The Morgan fingerprint density at radius 3 is 2.62 bits per heavy atom. The number of pyridine rings is 1. The Bertz CT molecular complexity index is 795. The van der Waals surface area contributed by atoms with E-state index in [0.717, 1.165) is 37.1 Å². The molecule has 2 aromatic rings. The number of nitrogens with one attached hydrogen (secondary N) is 1. The van der Waals surface area contributed by atoms with Gasteiger partial charge in [-0.05, 0) is 37.3 Å². The smallest absolute Gasteiger partial charge is 0.255 e. The van der Waals surface area contributed by atoms with Crippen LogP contribution in [-0.4, -0.2) is 34.8 Å². The van der Waals surface area contributed by atoms with Crippen molar-refractivity contribution in [3.05, 3.63) is 65.0 Å². The molecule has 3 rings (SSSR count). The van der Waals surface area contributed by atoms with Crippen LogP contribution in [0.4, 0.5) is 0 Å². The van der Waals surface area contributed by atoms with Gasteiger partial charge < -0.3 is 10.2 Å². The molecule has 1 fully saturated rings. The molecule has 26 heavy (non-hydrogen) atoms. The van der Waals surface area contributed by atoms with Crippen LogP contribution < -0.4 is 5.32 Å². The van der Waals surface area contributed by atoms with Gasteiger partial charge in [-0.2, -0.15) is 0 Å². The zero-order valence-electron chi connectivity index (χ0n) is 15.4. The van der Waals surface area contributed by atoms with Crippen molar-refractivity contribution in [3.63, 3.8) is 0 Å². The van der Waals surface area contributed by atoms with E-state index in [4.69, 9.17) is 0 Å². The molecule has 1 N–H and O–H groups in total. The molecular formula is C21H25N3O2. The number of piperidine rings is 1. The van der Waals surface area contributed by atoms with Gasteiger partial charge in [-0.3, -0.25) is 14.6 Å². The number of aryl methyl sites for hydroxylation is 1. The monoisotopic (exact) mass is 351 g/mol. The highest BCUT2D eigenvalue weighted by atomic mass is 16.2. The van der Waals surface area contributed by atoms with E-state index in [2.05, 4.69) is 17.2 Å². The number of nitrogens with zero attached hydrogens (tertiary/aromatic N) is 2. The Balaban J connectivity index is 1.64. The molecule has 5 nitrogen and oxygen atoms in total. The number of amides is 2. The lowest BCUT2D eigenvalue weighted by atomic mass is 9.98. The number of benzene rings is 1. The van der Waals surface area contributed by atoms with E-state index < -0.39 is 0 Å². The van der Waals surface area contributed by atoms with Gasteiger partial charge in [-0.25, -0.2) is 0 Å². The van der Waals surface area contributed by atoms with Crippen molar-refractivity contribution < 1.29 is 9.59 Å². The second kappa shape index (κ2) is 8.13. The lowest BCUT2D eigenvalue weighted by Gasteiger charge is -2.30. The minimum atomic E-state index is -0.221. The van der Waals surface area contributed by atoms with Gasteiger partial charge in [0.15, 0.2) is 0 Å². The molecule has 1 aliphatic rings. The SMILES string of the molecule is Cc1cccc(CNC(=O)c2cncc(C(=O)N3CCC(C)CC3)c2)c1. The van der Waals surface area contributed by atoms with Crippen molar-refractivity contribution in [2.45, 2.75) is 33.2 Å². The third-order valence-electron chi connectivity index (χ3n) is 4.85. The van der Waals surface area contributed by atoms with Crippen LogP contribution in [0, 0.1) is 12.8 Å². The fourth-order valence-electron chi connectivity index (χ4n) is 3.18. The van der Waals surface area contributed by atoms with E-state index in [-0.39, 0.29) is 11.8 Å². The molecule has 1 aromatic heterocycles. The Morgan fingerprint density at radius 1 is 1.15 bits per heavy atom. The summed E-state index contributed by atoms with van der Waals surface area (Å²) in [6.07, 6.45) is 5.09. The third kappa shape index (κ3) is 4.48. The third-order valence-corrected chi connectivity index (χ3v) is 4.85. The minimum absolute atomic E-state index is 0.0438. The van der Waals surface area contributed by atoms with Crippen molar-refractivity contribution in [1.82, 2.24) is 15.2 Å². The highest BCUT2D eigenvalue weighted by molar-refractivity contribution is 5.99. The van der Waals surface area contributed by atoms with Crippen LogP contribution in [-0.2, 0) is 6.54 Å². The average molecular weight is 351 g/mol. The van der Waals surface area contributed by atoms with E-state index in [0.29, 0.717) is 23.6 Å². The molecule has 1 saturated heterocycles. The molecule has 0 atom stereocenters. The quantitative estimate of drug-likeness (QED) is 0.920. The highest BCUT2D eigenvalue weighted by Gasteiger charge is 2.22. The summed E-state index contributed by atoms with van der Waals surface area (Å²) in [5, 5.41) is 2.89. The van der Waals surface area contributed by atoms with Crippen molar-refractivity contribution in [2.75, 3.05) is 13.1 Å².